The number of carbonyl (C=O) groups is 1. The van der Waals surface area contributed by atoms with Crippen molar-refractivity contribution in [2.24, 2.45) is 0 Å². The van der Waals surface area contributed by atoms with Crippen LogP contribution in [0.3, 0.4) is 0 Å². The van der Waals surface area contributed by atoms with Gasteiger partial charge in [0.1, 0.15) is 0 Å². The molecule has 2 aromatic rings. The summed E-state index contributed by atoms with van der Waals surface area (Å²) in [6, 6.07) is 7.67. The van der Waals surface area contributed by atoms with E-state index >= 15 is 0 Å². The number of fused-ring (bicyclic) bond motifs is 1. The van der Waals surface area contributed by atoms with Gasteiger partial charge in [-0.3, -0.25) is 9.78 Å². The fourth-order valence-electron chi connectivity index (χ4n) is 3.14. The molecule has 1 aliphatic rings. The van der Waals surface area contributed by atoms with Gasteiger partial charge in [0.05, 0.1) is 33.6 Å². The quantitative estimate of drug-likeness (QED) is 0.807. The minimum absolute atomic E-state index is 0.106. The molecule has 132 valence electrons. The number of methoxy groups -OCH3 is 3. The van der Waals surface area contributed by atoms with Crippen LogP contribution in [0.15, 0.2) is 30.5 Å². The minimum atomic E-state index is 0.106. The van der Waals surface area contributed by atoms with Crippen LogP contribution in [0, 0.1) is 0 Å². The van der Waals surface area contributed by atoms with E-state index in [0.717, 1.165) is 16.8 Å². The van der Waals surface area contributed by atoms with E-state index in [0.29, 0.717) is 43.2 Å². The summed E-state index contributed by atoms with van der Waals surface area (Å²) in [5.41, 5.74) is 3.03. The van der Waals surface area contributed by atoms with Crippen molar-refractivity contribution in [1.29, 1.82) is 0 Å². The Morgan fingerprint density at radius 1 is 1.08 bits per heavy atom. The van der Waals surface area contributed by atoms with Crippen LogP contribution >= 0.6 is 0 Å². The molecule has 0 unspecified atom stereocenters. The highest BCUT2D eigenvalue weighted by Gasteiger charge is 2.24. The third kappa shape index (κ3) is 3.38. The van der Waals surface area contributed by atoms with Crippen molar-refractivity contribution in [3.8, 4) is 17.2 Å². The maximum atomic E-state index is 12.6. The predicted octanol–water partition coefficient (Wildman–Crippen LogP) is 2.58. The van der Waals surface area contributed by atoms with Crippen molar-refractivity contribution in [2.75, 3.05) is 21.3 Å². The Morgan fingerprint density at radius 2 is 1.88 bits per heavy atom. The summed E-state index contributed by atoms with van der Waals surface area (Å²) >= 11 is 0. The normalized spacial score (nSPS) is 12.7. The molecule has 3 rings (SSSR count). The number of amides is 1. The molecule has 0 saturated carbocycles. The zero-order valence-corrected chi connectivity index (χ0v) is 14.7. The summed E-state index contributed by atoms with van der Waals surface area (Å²) in [6.07, 6.45) is 2.74. The number of pyridine rings is 1. The van der Waals surface area contributed by atoms with Gasteiger partial charge < -0.3 is 19.1 Å². The molecule has 6 nitrogen and oxygen atoms in total. The van der Waals surface area contributed by atoms with E-state index in [9.17, 15) is 4.79 Å². The van der Waals surface area contributed by atoms with E-state index in [1.807, 2.05) is 29.2 Å². The van der Waals surface area contributed by atoms with Crippen LogP contribution in [0.2, 0.25) is 0 Å². The average molecular weight is 342 g/mol. The van der Waals surface area contributed by atoms with Crippen molar-refractivity contribution in [1.82, 2.24) is 9.88 Å². The Morgan fingerprint density at radius 3 is 2.56 bits per heavy atom. The molecule has 0 aliphatic carbocycles. The van der Waals surface area contributed by atoms with Crippen LogP contribution in [0.25, 0.3) is 0 Å². The van der Waals surface area contributed by atoms with E-state index in [4.69, 9.17) is 14.2 Å². The van der Waals surface area contributed by atoms with Gasteiger partial charge in [0.2, 0.25) is 11.7 Å². The average Bonchev–Trinajstić information content (AvgIpc) is 3.09. The smallest absolute Gasteiger partial charge is 0.223 e. The fourth-order valence-corrected chi connectivity index (χ4v) is 3.14. The lowest BCUT2D eigenvalue weighted by Gasteiger charge is -2.17. The van der Waals surface area contributed by atoms with E-state index in [2.05, 4.69) is 4.98 Å². The molecule has 0 saturated heterocycles. The summed E-state index contributed by atoms with van der Waals surface area (Å²) in [7, 11) is 4.74. The highest BCUT2D eigenvalue weighted by atomic mass is 16.5. The van der Waals surface area contributed by atoms with E-state index in [1.165, 1.54) is 0 Å². The fraction of sp³-hybridized carbons (Fsp3) is 0.368. The van der Waals surface area contributed by atoms with E-state index in [1.54, 1.807) is 27.5 Å². The third-order valence-corrected chi connectivity index (χ3v) is 4.43. The number of hydrogen-bond acceptors (Lipinski definition) is 5. The predicted molar refractivity (Wildman–Crippen MR) is 92.9 cm³/mol. The maximum absolute atomic E-state index is 12.6. The number of aromatic nitrogens is 1. The molecular weight excluding hydrogens is 320 g/mol. The zero-order chi connectivity index (χ0) is 17.8. The number of hydrogen-bond donors (Lipinski definition) is 0. The van der Waals surface area contributed by atoms with Crippen LogP contribution in [-0.2, 0) is 24.3 Å². The van der Waals surface area contributed by atoms with Gasteiger partial charge in [-0.2, -0.15) is 0 Å². The van der Waals surface area contributed by atoms with Gasteiger partial charge in [0.15, 0.2) is 11.5 Å². The van der Waals surface area contributed by atoms with Gasteiger partial charge in [0, 0.05) is 19.2 Å². The van der Waals surface area contributed by atoms with Crippen molar-refractivity contribution in [3.05, 3.63) is 47.3 Å². The largest absolute Gasteiger partial charge is 0.493 e. The lowest BCUT2D eigenvalue weighted by Crippen LogP contribution is -2.25. The first-order valence-corrected chi connectivity index (χ1v) is 8.16. The standard InChI is InChI=1S/C19H22N2O4/c1-23-16-8-6-13(18(24-2)19(16)25-3)7-9-17(22)21-11-14-5-4-10-20-15(14)12-21/h4-6,8,10H,7,9,11-12H2,1-3H3. The number of carbonyl (C=O) groups excluding carboxylic acids is 1. The van der Waals surface area contributed by atoms with Crippen LogP contribution < -0.4 is 14.2 Å². The lowest BCUT2D eigenvalue weighted by molar-refractivity contribution is -0.131. The van der Waals surface area contributed by atoms with Gasteiger partial charge in [-0.25, -0.2) is 0 Å². The van der Waals surface area contributed by atoms with Crippen LogP contribution in [0.1, 0.15) is 23.2 Å². The topological polar surface area (TPSA) is 60.9 Å². The molecule has 2 heterocycles. The van der Waals surface area contributed by atoms with Crippen molar-refractivity contribution < 1.29 is 19.0 Å². The molecular formula is C19H22N2O4. The van der Waals surface area contributed by atoms with Crippen molar-refractivity contribution in [3.63, 3.8) is 0 Å². The molecule has 25 heavy (non-hydrogen) atoms. The summed E-state index contributed by atoms with van der Waals surface area (Å²) in [4.78, 5) is 18.7. The van der Waals surface area contributed by atoms with Gasteiger partial charge in [-0.15, -0.1) is 0 Å². The first-order chi connectivity index (χ1) is 12.2. The second kappa shape index (κ2) is 7.42. The third-order valence-electron chi connectivity index (χ3n) is 4.43. The molecule has 0 N–H and O–H groups in total. The summed E-state index contributed by atoms with van der Waals surface area (Å²) < 4.78 is 16.2. The number of benzene rings is 1. The van der Waals surface area contributed by atoms with Crippen LogP contribution in [0.5, 0.6) is 17.2 Å². The highest BCUT2D eigenvalue weighted by molar-refractivity contribution is 5.77. The number of ether oxygens (including phenoxy) is 3. The van der Waals surface area contributed by atoms with E-state index < -0.39 is 0 Å². The number of nitrogens with zero attached hydrogens (tertiary/aromatic N) is 2. The Bertz CT molecular complexity index is 751. The second-order valence-corrected chi connectivity index (χ2v) is 5.85. The molecule has 1 amide bonds. The monoisotopic (exact) mass is 342 g/mol. The Hall–Kier alpha value is -2.76. The first-order valence-electron chi connectivity index (χ1n) is 8.16. The Labute approximate surface area is 147 Å². The van der Waals surface area contributed by atoms with Crippen LogP contribution in [0.4, 0.5) is 0 Å². The molecule has 1 aromatic heterocycles. The number of rotatable bonds is 6. The Kier molecular flexibility index (Phi) is 5.07. The first kappa shape index (κ1) is 17.1. The zero-order valence-electron chi connectivity index (χ0n) is 14.7. The SMILES string of the molecule is COc1ccc(CCC(=O)N2Cc3cccnc3C2)c(OC)c1OC. The summed E-state index contributed by atoms with van der Waals surface area (Å²) in [5, 5.41) is 0. The molecule has 0 spiro atoms. The molecule has 0 radical (unpaired) electrons. The maximum Gasteiger partial charge on any atom is 0.223 e. The van der Waals surface area contributed by atoms with Gasteiger partial charge >= 0.3 is 0 Å². The molecule has 0 atom stereocenters. The second-order valence-electron chi connectivity index (χ2n) is 5.85. The molecule has 1 aromatic carbocycles. The molecule has 1 aliphatic heterocycles. The van der Waals surface area contributed by atoms with Gasteiger partial charge in [-0.1, -0.05) is 12.1 Å². The van der Waals surface area contributed by atoms with Crippen LogP contribution in [-0.4, -0.2) is 37.1 Å². The van der Waals surface area contributed by atoms with E-state index in [-0.39, 0.29) is 5.91 Å². The van der Waals surface area contributed by atoms with Gasteiger partial charge in [0.25, 0.3) is 0 Å². The highest BCUT2D eigenvalue weighted by Crippen LogP contribution is 2.40. The number of aryl methyl sites for hydroxylation is 1. The summed E-state index contributed by atoms with van der Waals surface area (Å²) in [6.45, 7) is 1.21. The lowest BCUT2D eigenvalue weighted by atomic mass is 10.1. The molecule has 6 heteroatoms. The van der Waals surface area contributed by atoms with Crippen molar-refractivity contribution >= 4 is 5.91 Å². The van der Waals surface area contributed by atoms with Crippen molar-refractivity contribution in [2.45, 2.75) is 25.9 Å². The molecule has 0 bridgehead atoms. The summed E-state index contributed by atoms with van der Waals surface area (Å²) in [5.74, 6) is 1.87. The Balaban J connectivity index is 1.69. The minimum Gasteiger partial charge on any atom is -0.493 e. The van der Waals surface area contributed by atoms with Gasteiger partial charge in [-0.05, 0) is 29.7 Å². The molecule has 0 fully saturated rings.